The van der Waals surface area contributed by atoms with Gasteiger partial charge in [0.25, 0.3) is 0 Å². The molecule has 58 valence electrons. The molecule has 0 saturated carbocycles. The Hall–Kier alpha value is -0.980. The summed E-state index contributed by atoms with van der Waals surface area (Å²) >= 11 is 0. The van der Waals surface area contributed by atoms with Gasteiger partial charge >= 0.3 is 0 Å². The molecular formula is C10H12O. The number of allylic oxidation sites excluding steroid dienone is 1. The van der Waals surface area contributed by atoms with Crippen molar-refractivity contribution in [3.63, 3.8) is 0 Å². The zero-order valence-electron chi connectivity index (χ0n) is 6.55. The third-order valence-electron chi connectivity index (χ3n) is 2.36. The maximum Gasteiger partial charge on any atom is 0.113 e. The minimum Gasteiger partial charge on any atom is -0.468 e. The summed E-state index contributed by atoms with van der Waals surface area (Å²) in [6.45, 7) is 3.80. The third kappa shape index (κ3) is 1.01. The van der Waals surface area contributed by atoms with E-state index in [9.17, 15) is 0 Å². The standard InChI is InChI=1S/C10H12O/c1-2-8-4-3-5-9-6-7-11-10(8)9/h2,6-8H,1,3-5H2/t8-/m1/s1. The Balaban J connectivity index is 2.39. The van der Waals surface area contributed by atoms with E-state index in [4.69, 9.17) is 4.42 Å². The Morgan fingerprint density at radius 2 is 2.55 bits per heavy atom. The van der Waals surface area contributed by atoms with Gasteiger partial charge in [-0.3, -0.25) is 0 Å². The maximum atomic E-state index is 5.39. The van der Waals surface area contributed by atoms with Gasteiger partial charge in [-0.1, -0.05) is 6.08 Å². The molecule has 0 bridgehead atoms. The van der Waals surface area contributed by atoms with Gasteiger partial charge in [0, 0.05) is 5.92 Å². The van der Waals surface area contributed by atoms with Crippen molar-refractivity contribution in [1.82, 2.24) is 0 Å². The second-order valence-electron chi connectivity index (χ2n) is 3.04. The summed E-state index contributed by atoms with van der Waals surface area (Å²) in [5.41, 5.74) is 1.38. The number of hydrogen-bond donors (Lipinski definition) is 0. The Labute approximate surface area is 66.7 Å². The molecule has 1 aliphatic carbocycles. The second kappa shape index (κ2) is 2.57. The molecule has 0 fully saturated rings. The normalized spacial score (nSPS) is 22.7. The van der Waals surface area contributed by atoms with E-state index in [-0.39, 0.29) is 0 Å². The lowest BCUT2D eigenvalue weighted by Crippen LogP contribution is -2.04. The van der Waals surface area contributed by atoms with E-state index in [1.54, 1.807) is 6.26 Å². The highest BCUT2D eigenvalue weighted by atomic mass is 16.3. The topological polar surface area (TPSA) is 13.1 Å². The highest BCUT2D eigenvalue weighted by Crippen LogP contribution is 2.32. The van der Waals surface area contributed by atoms with Crippen molar-refractivity contribution in [1.29, 1.82) is 0 Å². The zero-order chi connectivity index (χ0) is 7.68. The fraction of sp³-hybridized carbons (Fsp3) is 0.400. The van der Waals surface area contributed by atoms with Crippen molar-refractivity contribution < 1.29 is 4.42 Å². The lowest BCUT2D eigenvalue weighted by Gasteiger charge is -2.16. The molecule has 0 unspecified atom stereocenters. The number of rotatable bonds is 1. The van der Waals surface area contributed by atoms with Crippen molar-refractivity contribution in [3.05, 3.63) is 36.3 Å². The van der Waals surface area contributed by atoms with E-state index in [0.717, 1.165) is 5.76 Å². The van der Waals surface area contributed by atoms with Crippen molar-refractivity contribution >= 4 is 0 Å². The Bertz CT molecular complexity index is 260. The van der Waals surface area contributed by atoms with E-state index in [0.29, 0.717) is 5.92 Å². The van der Waals surface area contributed by atoms with Gasteiger partial charge in [0.2, 0.25) is 0 Å². The highest BCUT2D eigenvalue weighted by molar-refractivity contribution is 5.26. The molecule has 0 saturated heterocycles. The zero-order valence-corrected chi connectivity index (χ0v) is 6.55. The smallest absolute Gasteiger partial charge is 0.113 e. The Kier molecular flexibility index (Phi) is 1.57. The lowest BCUT2D eigenvalue weighted by atomic mass is 9.89. The van der Waals surface area contributed by atoms with Crippen LogP contribution in [0.1, 0.15) is 30.1 Å². The van der Waals surface area contributed by atoms with Crippen LogP contribution >= 0.6 is 0 Å². The molecule has 11 heavy (non-hydrogen) atoms. The average Bonchev–Trinajstić information content (AvgIpc) is 2.50. The summed E-state index contributed by atoms with van der Waals surface area (Å²) in [7, 11) is 0. The fourth-order valence-corrected chi connectivity index (χ4v) is 1.75. The molecule has 0 amide bonds. The molecule has 0 aliphatic heterocycles. The number of fused-ring (bicyclic) bond motifs is 1. The Morgan fingerprint density at radius 1 is 1.64 bits per heavy atom. The van der Waals surface area contributed by atoms with Crippen LogP contribution in [0, 0.1) is 0 Å². The van der Waals surface area contributed by atoms with Crippen LogP contribution in [0.25, 0.3) is 0 Å². The molecule has 1 aliphatic rings. The summed E-state index contributed by atoms with van der Waals surface area (Å²) in [4.78, 5) is 0. The first-order chi connectivity index (χ1) is 5.42. The third-order valence-corrected chi connectivity index (χ3v) is 2.36. The van der Waals surface area contributed by atoms with E-state index >= 15 is 0 Å². The molecule has 1 atom stereocenters. The maximum absolute atomic E-state index is 5.39. The number of furan rings is 1. The van der Waals surface area contributed by atoms with Crippen LogP contribution < -0.4 is 0 Å². The SMILES string of the molecule is C=C[C@@H]1CCCc2ccoc21. The van der Waals surface area contributed by atoms with Gasteiger partial charge in [0.1, 0.15) is 5.76 Å². The summed E-state index contributed by atoms with van der Waals surface area (Å²) in [6.07, 6.45) is 7.41. The highest BCUT2D eigenvalue weighted by Gasteiger charge is 2.19. The van der Waals surface area contributed by atoms with Crippen LogP contribution in [-0.2, 0) is 6.42 Å². The predicted octanol–water partition coefficient (Wildman–Crippen LogP) is 2.89. The summed E-state index contributed by atoms with van der Waals surface area (Å²) in [5.74, 6) is 1.61. The average molecular weight is 148 g/mol. The van der Waals surface area contributed by atoms with Crippen LogP contribution in [0.4, 0.5) is 0 Å². The Morgan fingerprint density at radius 3 is 3.36 bits per heavy atom. The van der Waals surface area contributed by atoms with Gasteiger partial charge in [0.05, 0.1) is 6.26 Å². The molecule has 0 radical (unpaired) electrons. The molecule has 2 rings (SSSR count). The summed E-state index contributed by atoms with van der Waals surface area (Å²) < 4.78 is 5.39. The molecule has 0 aromatic carbocycles. The minimum atomic E-state index is 0.466. The summed E-state index contributed by atoms with van der Waals surface area (Å²) in [6, 6.07) is 2.07. The van der Waals surface area contributed by atoms with Crippen molar-refractivity contribution in [2.45, 2.75) is 25.2 Å². The first-order valence-corrected chi connectivity index (χ1v) is 4.10. The largest absolute Gasteiger partial charge is 0.468 e. The second-order valence-corrected chi connectivity index (χ2v) is 3.04. The number of hydrogen-bond acceptors (Lipinski definition) is 1. The first kappa shape index (κ1) is 6.71. The predicted molar refractivity (Wildman–Crippen MR) is 44.6 cm³/mol. The molecule has 1 nitrogen and oxygen atoms in total. The van der Waals surface area contributed by atoms with E-state index < -0.39 is 0 Å². The van der Waals surface area contributed by atoms with Crippen LogP contribution in [-0.4, -0.2) is 0 Å². The van der Waals surface area contributed by atoms with Crippen LogP contribution in [0.3, 0.4) is 0 Å². The van der Waals surface area contributed by atoms with Crippen LogP contribution in [0.2, 0.25) is 0 Å². The van der Waals surface area contributed by atoms with Crippen molar-refractivity contribution in [3.8, 4) is 0 Å². The minimum absolute atomic E-state index is 0.466. The first-order valence-electron chi connectivity index (χ1n) is 4.10. The molecule has 0 spiro atoms. The van der Waals surface area contributed by atoms with E-state index in [1.807, 2.05) is 6.08 Å². The van der Waals surface area contributed by atoms with Gasteiger partial charge < -0.3 is 4.42 Å². The number of aryl methyl sites for hydroxylation is 1. The monoisotopic (exact) mass is 148 g/mol. The molecule has 0 N–H and O–H groups in total. The van der Waals surface area contributed by atoms with Crippen molar-refractivity contribution in [2.24, 2.45) is 0 Å². The van der Waals surface area contributed by atoms with Crippen LogP contribution in [0.5, 0.6) is 0 Å². The fourth-order valence-electron chi connectivity index (χ4n) is 1.75. The van der Waals surface area contributed by atoms with Gasteiger partial charge in [0.15, 0.2) is 0 Å². The molecular weight excluding hydrogens is 136 g/mol. The molecule has 1 heteroatoms. The molecule has 1 aromatic rings. The molecule has 1 aromatic heterocycles. The molecule has 1 heterocycles. The van der Waals surface area contributed by atoms with Crippen LogP contribution in [0.15, 0.2) is 29.4 Å². The van der Waals surface area contributed by atoms with E-state index in [2.05, 4.69) is 12.6 Å². The summed E-state index contributed by atoms with van der Waals surface area (Å²) in [5, 5.41) is 0. The van der Waals surface area contributed by atoms with E-state index in [1.165, 1.54) is 24.8 Å². The van der Waals surface area contributed by atoms with Gasteiger partial charge in [-0.2, -0.15) is 0 Å². The van der Waals surface area contributed by atoms with Gasteiger partial charge in [-0.25, -0.2) is 0 Å². The van der Waals surface area contributed by atoms with Gasteiger partial charge in [-0.05, 0) is 30.9 Å². The van der Waals surface area contributed by atoms with Crippen molar-refractivity contribution in [2.75, 3.05) is 0 Å². The lowest BCUT2D eigenvalue weighted by molar-refractivity contribution is 0.452. The quantitative estimate of drug-likeness (QED) is 0.558. The van der Waals surface area contributed by atoms with Gasteiger partial charge in [-0.15, -0.1) is 6.58 Å².